The fourth-order valence-corrected chi connectivity index (χ4v) is 2.08. The molecule has 0 aliphatic heterocycles. The topological polar surface area (TPSA) is 79.8 Å². The summed E-state index contributed by atoms with van der Waals surface area (Å²) < 4.78 is 39.8. The van der Waals surface area contributed by atoms with E-state index in [2.05, 4.69) is 25.6 Å². The first-order chi connectivity index (χ1) is 12.5. The van der Waals surface area contributed by atoms with E-state index in [0.29, 0.717) is 12.4 Å². The second-order valence-electron chi connectivity index (χ2n) is 5.17. The van der Waals surface area contributed by atoms with Gasteiger partial charge in [-0.3, -0.25) is 9.78 Å². The van der Waals surface area contributed by atoms with E-state index in [9.17, 15) is 18.0 Å². The molecule has 132 valence electrons. The van der Waals surface area contributed by atoms with Crippen molar-refractivity contribution in [2.75, 3.05) is 10.6 Å². The predicted octanol–water partition coefficient (Wildman–Crippen LogP) is 3.15. The molecule has 1 amide bonds. The Labute approximate surface area is 146 Å². The number of hydrogen-bond donors (Lipinski definition) is 2. The predicted molar refractivity (Wildman–Crippen MR) is 87.9 cm³/mol. The molecule has 0 aliphatic rings. The van der Waals surface area contributed by atoms with E-state index in [0.717, 1.165) is 24.0 Å². The van der Waals surface area contributed by atoms with Crippen LogP contribution in [0.5, 0.6) is 0 Å². The van der Waals surface area contributed by atoms with E-state index in [1.54, 1.807) is 12.4 Å². The third-order valence-electron chi connectivity index (χ3n) is 3.41. The minimum Gasteiger partial charge on any atom is -0.366 e. The van der Waals surface area contributed by atoms with Crippen molar-refractivity contribution in [2.45, 2.75) is 6.54 Å². The molecule has 0 spiro atoms. The molecule has 0 unspecified atom stereocenters. The lowest BCUT2D eigenvalue weighted by molar-refractivity contribution is 0.102. The summed E-state index contributed by atoms with van der Waals surface area (Å²) in [5, 5.41) is 5.15. The van der Waals surface area contributed by atoms with Crippen molar-refractivity contribution in [1.29, 1.82) is 0 Å². The standard InChI is InChI=1S/C17H12F3N5O/c18-11-1-2-12(16(20)15(11)19)25-17(26)13-7-14(24-9-23-13)22-8-10-3-5-21-6-4-10/h1-7,9H,8H2,(H,25,26)(H,22,23,24). The number of anilines is 2. The molecule has 0 bridgehead atoms. The van der Waals surface area contributed by atoms with Gasteiger partial charge in [0, 0.05) is 25.0 Å². The largest absolute Gasteiger partial charge is 0.366 e. The lowest BCUT2D eigenvalue weighted by atomic mass is 10.2. The number of amides is 1. The first kappa shape index (κ1) is 17.3. The van der Waals surface area contributed by atoms with Crippen molar-refractivity contribution >= 4 is 17.4 Å². The molecule has 3 rings (SSSR count). The molecule has 0 fully saturated rings. The van der Waals surface area contributed by atoms with Crippen molar-refractivity contribution in [1.82, 2.24) is 15.0 Å². The number of pyridine rings is 1. The molecule has 0 aliphatic carbocycles. The van der Waals surface area contributed by atoms with Crippen LogP contribution in [0, 0.1) is 17.5 Å². The molecule has 0 radical (unpaired) electrons. The van der Waals surface area contributed by atoms with Crippen LogP contribution in [-0.4, -0.2) is 20.9 Å². The summed E-state index contributed by atoms with van der Waals surface area (Å²) in [6.45, 7) is 0.443. The molecule has 0 atom stereocenters. The average molecular weight is 359 g/mol. The van der Waals surface area contributed by atoms with Gasteiger partial charge in [0.1, 0.15) is 17.8 Å². The van der Waals surface area contributed by atoms with Crippen molar-refractivity contribution < 1.29 is 18.0 Å². The molecule has 2 aromatic heterocycles. The third-order valence-corrected chi connectivity index (χ3v) is 3.41. The Morgan fingerprint density at radius 1 is 1.00 bits per heavy atom. The van der Waals surface area contributed by atoms with Crippen LogP contribution in [0.1, 0.15) is 16.1 Å². The Kier molecular flexibility index (Phi) is 5.07. The Bertz CT molecular complexity index is 937. The van der Waals surface area contributed by atoms with E-state index in [1.165, 1.54) is 6.07 Å². The van der Waals surface area contributed by atoms with Crippen LogP contribution in [0.15, 0.2) is 49.1 Å². The average Bonchev–Trinajstić information content (AvgIpc) is 2.68. The van der Waals surface area contributed by atoms with Gasteiger partial charge in [0.15, 0.2) is 17.5 Å². The van der Waals surface area contributed by atoms with Gasteiger partial charge < -0.3 is 10.6 Å². The molecule has 2 heterocycles. The Morgan fingerprint density at radius 3 is 2.54 bits per heavy atom. The first-order valence-corrected chi connectivity index (χ1v) is 7.44. The number of aromatic nitrogens is 3. The maximum absolute atomic E-state index is 13.6. The lowest BCUT2D eigenvalue weighted by Gasteiger charge is -2.09. The van der Waals surface area contributed by atoms with E-state index in [-0.39, 0.29) is 5.69 Å². The number of nitrogens with zero attached hydrogens (tertiary/aromatic N) is 3. The number of rotatable bonds is 5. The highest BCUT2D eigenvalue weighted by molar-refractivity contribution is 6.03. The minimum atomic E-state index is -1.66. The third kappa shape index (κ3) is 3.94. The SMILES string of the molecule is O=C(Nc1ccc(F)c(F)c1F)c1cc(NCc2ccncc2)ncn1. The van der Waals surface area contributed by atoms with Gasteiger partial charge in [0.2, 0.25) is 0 Å². The Morgan fingerprint density at radius 2 is 1.77 bits per heavy atom. The number of carbonyl (C=O) groups is 1. The second kappa shape index (κ2) is 7.60. The van der Waals surface area contributed by atoms with Crippen LogP contribution in [0.25, 0.3) is 0 Å². The molecule has 1 aromatic carbocycles. The van der Waals surface area contributed by atoms with Gasteiger partial charge in [-0.25, -0.2) is 23.1 Å². The number of benzene rings is 1. The van der Waals surface area contributed by atoms with Gasteiger partial charge in [-0.15, -0.1) is 0 Å². The summed E-state index contributed by atoms with van der Waals surface area (Å²) in [6, 6.07) is 6.63. The number of hydrogen-bond acceptors (Lipinski definition) is 5. The lowest BCUT2D eigenvalue weighted by Crippen LogP contribution is -2.16. The molecule has 9 heteroatoms. The zero-order valence-electron chi connectivity index (χ0n) is 13.2. The molecule has 3 aromatic rings. The van der Waals surface area contributed by atoms with Crippen molar-refractivity contribution in [3.8, 4) is 0 Å². The number of halogens is 3. The Hall–Kier alpha value is -3.49. The monoisotopic (exact) mass is 359 g/mol. The van der Waals surface area contributed by atoms with Crippen molar-refractivity contribution in [2.24, 2.45) is 0 Å². The van der Waals surface area contributed by atoms with Crippen molar-refractivity contribution in [3.05, 3.63) is 77.8 Å². The van der Waals surface area contributed by atoms with Crippen LogP contribution >= 0.6 is 0 Å². The maximum Gasteiger partial charge on any atom is 0.274 e. The van der Waals surface area contributed by atoms with Crippen LogP contribution < -0.4 is 10.6 Å². The van der Waals surface area contributed by atoms with E-state index >= 15 is 0 Å². The zero-order valence-corrected chi connectivity index (χ0v) is 13.2. The van der Waals surface area contributed by atoms with Gasteiger partial charge in [0.25, 0.3) is 5.91 Å². The van der Waals surface area contributed by atoms with Gasteiger partial charge in [-0.1, -0.05) is 0 Å². The summed E-state index contributed by atoms with van der Waals surface area (Å²) >= 11 is 0. The smallest absolute Gasteiger partial charge is 0.274 e. The molecule has 2 N–H and O–H groups in total. The van der Waals surface area contributed by atoms with E-state index in [4.69, 9.17) is 0 Å². The van der Waals surface area contributed by atoms with Gasteiger partial charge >= 0.3 is 0 Å². The molecular weight excluding hydrogens is 347 g/mol. The van der Waals surface area contributed by atoms with Gasteiger partial charge in [-0.2, -0.15) is 0 Å². The highest BCUT2D eigenvalue weighted by Crippen LogP contribution is 2.20. The summed E-state index contributed by atoms with van der Waals surface area (Å²) in [5.41, 5.74) is 0.397. The quantitative estimate of drug-likeness (QED) is 0.684. The molecular formula is C17H12F3N5O. The molecule has 6 nitrogen and oxygen atoms in total. The van der Waals surface area contributed by atoms with Crippen LogP contribution in [0.2, 0.25) is 0 Å². The van der Waals surface area contributed by atoms with Crippen molar-refractivity contribution in [3.63, 3.8) is 0 Å². The normalized spacial score (nSPS) is 10.4. The molecule has 0 saturated heterocycles. The zero-order chi connectivity index (χ0) is 18.5. The summed E-state index contributed by atoms with van der Waals surface area (Å²) in [6.07, 6.45) is 4.45. The van der Waals surface area contributed by atoms with Gasteiger partial charge in [0.05, 0.1) is 5.69 Å². The highest BCUT2D eigenvalue weighted by Gasteiger charge is 2.17. The fourth-order valence-electron chi connectivity index (χ4n) is 2.08. The fraction of sp³-hybridized carbons (Fsp3) is 0.0588. The second-order valence-corrected chi connectivity index (χ2v) is 5.17. The van der Waals surface area contributed by atoms with E-state index in [1.807, 2.05) is 12.1 Å². The van der Waals surface area contributed by atoms with Gasteiger partial charge in [-0.05, 0) is 29.8 Å². The van der Waals surface area contributed by atoms with Crippen LogP contribution in [-0.2, 0) is 6.54 Å². The molecule has 26 heavy (non-hydrogen) atoms. The maximum atomic E-state index is 13.6. The first-order valence-electron chi connectivity index (χ1n) is 7.44. The number of nitrogens with one attached hydrogen (secondary N) is 2. The highest BCUT2D eigenvalue weighted by atomic mass is 19.2. The van der Waals surface area contributed by atoms with Crippen LogP contribution in [0.3, 0.4) is 0 Å². The summed E-state index contributed by atoms with van der Waals surface area (Å²) in [4.78, 5) is 23.9. The summed E-state index contributed by atoms with van der Waals surface area (Å²) in [7, 11) is 0. The molecule has 0 saturated carbocycles. The van der Waals surface area contributed by atoms with E-state index < -0.39 is 29.0 Å². The minimum absolute atomic E-state index is 0.0682. The number of carbonyl (C=O) groups excluding carboxylic acids is 1. The van der Waals surface area contributed by atoms with Crippen LogP contribution in [0.4, 0.5) is 24.7 Å². The Balaban J connectivity index is 1.71. The summed E-state index contributed by atoms with van der Waals surface area (Å²) in [5.74, 6) is -4.91.